The number of hydrogen-bond donors (Lipinski definition) is 1. The third-order valence-electron chi connectivity index (χ3n) is 5.51. The molecule has 10 heteroatoms. The minimum absolute atomic E-state index is 0.231. The van der Waals surface area contributed by atoms with Crippen LogP contribution in [0.25, 0.3) is 17.2 Å². The predicted octanol–water partition coefficient (Wildman–Crippen LogP) is 2.55. The molecule has 5 rings (SSSR count). The molecule has 0 radical (unpaired) electrons. The lowest BCUT2D eigenvalue weighted by atomic mass is 9.98. The average molecular weight is 454 g/mol. The third kappa shape index (κ3) is 3.18. The van der Waals surface area contributed by atoms with Crippen molar-refractivity contribution in [2.45, 2.75) is 19.0 Å². The lowest BCUT2D eigenvalue weighted by Gasteiger charge is -2.45. The summed E-state index contributed by atoms with van der Waals surface area (Å²) < 4.78 is 2.67. The molecule has 0 saturated carbocycles. The number of fused-ring (bicyclic) bond motifs is 1. The maximum atomic E-state index is 4.89. The Balaban J connectivity index is 1.51. The molecule has 0 bridgehead atoms. The van der Waals surface area contributed by atoms with Crippen LogP contribution in [0.15, 0.2) is 47.9 Å². The van der Waals surface area contributed by atoms with Gasteiger partial charge in [-0.1, -0.05) is 0 Å². The van der Waals surface area contributed by atoms with Crippen LogP contribution >= 0.6 is 15.9 Å². The summed E-state index contributed by atoms with van der Waals surface area (Å²) in [5.74, 6) is 1.55. The number of halogens is 1. The summed E-state index contributed by atoms with van der Waals surface area (Å²) >= 11 is 3.42. The molecule has 5 heterocycles. The van der Waals surface area contributed by atoms with E-state index in [2.05, 4.69) is 64.9 Å². The number of rotatable bonds is 3. The van der Waals surface area contributed by atoms with Gasteiger partial charge < -0.3 is 4.90 Å². The van der Waals surface area contributed by atoms with Gasteiger partial charge in [0.05, 0.1) is 24.6 Å². The van der Waals surface area contributed by atoms with Crippen molar-refractivity contribution in [2.75, 3.05) is 25.0 Å². The smallest absolute Gasteiger partial charge is 0.180 e. The van der Waals surface area contributed by atoms with Gasteiger partial charge in [0, 0.05) is 43.3 Å². The molecular formula is C19H20BrN9. The number of H-pyrrole nitrogens is 1. The van der Waals surface area contributed by atoms with Gasteiger partial charge in [0.2, 0.25) is 0 Å². The number of anilines is 1. The topological polar surface area (TPSA) is 91.1 Å². The Labute approximate surface area is 176 Å². The van der Waals surface area contributed by atoms with Crippen LogP contribution in [0.4, 0.5) is 5.82 Å². The molecule has 1 saturated heterocycles. The molecule has 4 aromatic rings. The highest BCUT2D eigenvalue weighted by Gasteiger charge is 2.34. The highest BCUT2D eigenvalue weighted by atomic mass is 79.9. The second kappa shape index (κ2) is 7.20. The van der Waals surface area contributed by atoms with Crippen molar-refractivity contribution in [3.8, 4) is 11.5 Å². The molecular weight excluding hydrogens is 434 g/mol. The van der Waals surface area contributed by atoms with Crippen LogP contribution in [0.3, 0.4) is 0 Å². The number of likely N-dealkylation sites (N-methyl/N-ethyl adjacent to an activating group) is 1. The van der Waals surface area contributed by atoms with E-state index in [0.29, 0.717) is 5.82 Å². The molecule has 148 valence electrons. The Bertz CT molecular complexity index is 1140. The minimum atomic E-state index is 0.231. The monoisotopic (exact) mass is 453 g/mol. The summed E-state index contributed by atoms with van der Waals surface area (Å²) in [6, 6.07) is 2.44. The first-order valence-electron chi connectivity index (χ1n) is 9.39. The van der Waals surface area contributed by atoms with Gasteiger partial charge in [-0.25, -0.2) is 19.9 Å². The third-order valence-corrected chi connectivity index (χ3v) is 5.92. The molecule has 29 heavy (non-hydrogen) atoms. The van der Waals surface area contributed by atoms with Crippen molar-refractivity contribution >= 4 is 27.4 Å². The molecule has 9 nitrogen and oxygen atoms in total. The van der Waals surface area contributed by atoms with E-state index < -0.39 is 0 Å². The number of nitrogens with zero attached hydrogens (tertiary/aromatic N) is 8. The van der Waals surface area contributed by atoms with Crippen molar-refractivity contribution in [1.29, 1.82) is 0 Å². The highest BCUT2D eigenvalue weighted by molar-refractivity contribution is 9.10. The lowest BCUT2D eigenvalue weighted by molar-refractivity contribution is 0.182. The Hall–Kier alpha value is -2.85. The highest BCUT2D eigenvalue weighted by Crippen LogP contribution is 2.32. The Kier molecular flexibility index (Phi) is 4.51. The van der Waals surface area contributed by atoms with Crippen LogP contribution < -0.4 is 4.90 Å². The molecule has 2 atom stereocenters. The maximum absolute atomic E-state index is 4.89. The zero-order valence-corrected chi connectivity index (χ0v) is 17.7. The molecule has 0 unspecified atom stereocenters. The van der Waals surface area contributed by atoms with E-state index in [-0.39, 0.29) is 12.1 Å². The van der Waals surface area contributed by atoms with Gasteiger partial charge in [-0.15, -0.1) is 0 Å². The predicted molar refractivity (Wildman–Crippen MR) is 112 cm³/mol. The van der Waals surface area contributed by atoms with Crippen molar-refractivity contribution in [3.63, 3.8) is 0 Å². The van der Waals surface area contributed by atoms with Crippen molar-refractivity contribution in [3.05, 3.63) is 53.4 Å². The summed E-state index contributed by atoms with van der Waals surface area (Å²) in [6.45, 7) is 4.06. The standard InChI is InChI=1S/C19H20BrN9/c1-12-18(13-7-24-25-8-13)27(2)5-6-28(12)16-3-4-21-19(26-16)14-9-23-17-10-22-15(20)11-29(14)17/h3-4,7-12,18H,5-6H2,1-2H3,(H,24,25)/t12-,18-/m0/s1. The summed E-state index contributed by atoms with van der Waals surface area (Å²) in [6.07, 6.45) is 11.1. The van der Waals surface area contributed by atoms with Gasteiger partial charge in [-0.2, -0.15) is 5.10 Å². The summed E-state index contributed by atoms with van der Waals surface area (Å²) in [5.41, 5.74) is 2.77. The quantitative estimate of drug-likeness (QED) is 0.509. The SMILES string of the molecule is C[C@H]1[C@@H](c2cn[nH]c2)N(C)CCN1c1ccnc(-c2cnc3cnc(Br)cn23)n1. The number of imidazole rings is 1. The second-order valence-corrected chi connectivity index (χ2v) is 8.02. The van der Waals surface area contributed by atoms with E-state index in [1.807, 2.05) is 35.3 Å². The van der Waals surface area contributed by atoms with E-state index in [1.165, 1.54) is 5.56 Å². The molecule has 0 amide bonds. The van der Waals surface area contributed by atoms with Crippen LogP contribution in [0, 0.1) is 0 Å². The minimum Gasteiger partial charge on any atom is -0.351 e. The molecule has 0 spiro atoms. The van der Waals surface area contributed by atoms with Crippen LogP contribution in [0.1, 0.15) is 18.5 Å². The first-order chi connectivity index (χ1) is 14.1. The number of hydrogen-bond acceptors (Lipinski definition) is 7. The Morgan fingerprint density at radius 1 is 1.14 bits per heavy atom. The van der Waals surface area contributed by atoms with Gasteiger partial charge >= 0.3 is 0 Å². The molecule has 4 aromatic heterocycles. The van der Waals surface area contributed by atoms with Gasteiger partial charge in [0.25, 0.3) is 0 Å². The van der Waals surface area contributed by atoms with E-state index in [1.54, 1.807) is 12.4 Å². The fraction of sp³-hybridized carbons (Fsp3) is 0.316. The number of nitrogens with one attached hydrogen (secondary N) is 1. The van der Waals surface area contributed by atoms with Crippen LogP contribution in [0.2, 0.25) is 0 Å². The molecule has 1 aliphatic rings. The van der Waals surface area contributed by atoms with Crippen LogP contribution in [-0.4, -0.2) is 65.6 Å². The molecule has 0 aromatic carbocycles. The Morgan fingerprint density at radius 3 is 2.86 bits per heavy atom. The summed E-state index contributed by atoms with van der Waals surface area (Å²) in [4.78, 5) is 22.7. The van der Waals surface area contributed by atoms with Gasteiger partial charge in [0.1, 0.15) is 16.1 Å². The fourth-order valence-corrected chi connectivity index (χ4v) is 4.40. The van der Waals surface area contributed by atoms with Gasteiger partial charge in [0.15, 0.2) is 11.5 Å². The van der Waals surface area contributed by atoms with Gasteiger partial charge in [-0.3, -0.25) is 14.4 Å². The zero-order chi connectivity index (χ0) is 20.0. The van der Waals surface area contributed by atoms with E-state index >= 15 is 0 Å². The zero-order valence-electron chi connectivity index (χ0n) is 16.1. The maximum Gasteiger partial charge on any atom is 0.180 e. The van der Waals surface area contributed by atoms with E-state index in [0.717, 1.165) is 34.9 Å². The lowest BCUT2D eigenvalue weighted by Crippen LogP contribution is -2.52. The fourth-order valence-electron chi connectivity index (χ4n) is 4.09. The molecule has 1 aliphatic heterocycles. The average Bonchev–Trinajstić information content (AvgIpc) is 3.38. The largest absolute Gasteiger partial charge is 0.351 e. The molecule has 1 fully saturated rings. The van der Waals surface area contributed by atoms with Crippen molar-refractivity contribution < 1.29 is 0 Å². The van der Waals surface area contributed by atoms with E-state index in [4.69, 9.17) is 4.98 Å². The Morgan fingerprint density at radius 2 is 2.03 bits per heavy atom. The van der Waals surface area contributed by atoms with Crippen LogP contribution in [0.5, 0.6) is 0 Å². The summed E-state index contributed by atoms with van der Waals surface area (Å²) in [7, 11) is 2.15. The second-order valence-electron chi connectivity index (χ2n) is 7.21. The van der Waals surface area contributed by atoms with Gasteiger partial charge in [-0.05, 0) is 36.0 Å². The molecule has 1 N–H and O–H groups in total. The number of aromatic amines is 1. The normalized spacial score (nSPS) is 20.4. The van der Waals surface area contributed by atoms with Crippen molar-refractivity contribution in [2.24, 2.45) is 0 Å². The van der Waals surface area contributed by atoms with Crippen LogP contribution in [-0.2, 0) is 0 Å². The molecule has 0 aliphatic carbocycles. The summed E-state index contributed by atoms with van der Waals surface area (Å²) in [5, 5.41) is 7.07. The number of aromatic nitrogens is 7. The first-order valence-corrected chi connectivity index (χ1v) is 10.2. The first kappa shape index (κ1) is 18.2. The van der Waals surface area contributed by atoms with E-state index in [9.17, 15) is 0 Å². The van der Waals surface area contributed by atoms with Crippen molar-refractivity contribution in [1.82, 2.24) is 39.4 Å². The number of piperazine rings is 1.